The Morgan fingerprint density at radius 3 is 1.94 bits per heavy atom. The van der Waals surface area contributed by atoms with Crippen LogP contribution < -0.4 is 5.32 Å². The summed E-state index contributed by atoms with van der Waals surface area (Å²) >= 11 is -3.42. The van der Waals surface area contributed by atoms with Gasteiger partial charge in [-0.2, -0.15) is 0 Å². The average Bonchev–Trinajstić information content (AvgIpc) is 2.88. The van der Waals surface area contributed by atoms with E-state index >= 15 is 0 Å². The van der Waals surface area contributed by atoms with Gasteiger partial charge in [0.05, 0.1) is 0 Å². The van der Waals surface area contributed by atoms with Gasteiger partial charge in [-0.3, -0.25) is 0 Å². The summed E-state index contributed by atoms with van der Waals surface area (Å²) in [5.74, 6) is 0. The van der Waals surface area contributed by atoms with Crippen molar-refractivity contribution in [2.24, 2.45) is 0 Å². The van der Waals surface area contributed by atoms with Gasteiger partial charge in [0.2, 0.25) is 0 Å². The van der Waals surface area contributed by atoms with Gasteiger partial charge in [0.15, 0.2) is 0 Å². The molecule has 0 fully saturated rings. The topological polar surface area (TPSA) is 63.2 Å². The minimum absolute atomic E-state index is 0.465. The third-order valence-corrected chi connectivity index (χ3v) is 4.60. The monoisotopic (exact) mass is 277 g/mol. The van der Waals surface area contributed by atoms with Crippen LogP contribution in [0.5, 0.6) is 0 Å². The standard InChI is InChI=1S/C5H5.C4H11N.3CO.Mn/c1-2-4-5-3-1;1-3-5-4-2;3*1-2;/h1-3H,4H2;5H,3-4H2,1-2H3;;;;. The molecule has 0 bridgehead atoms. The fourth-order valence-electron chi connectivity index (χ4n) is 1.08. The van der Waals surface area contributed by atoms with E-state index < -0.39 is 11.5 Å². The third kappa shape index (κ3) is 4.60. The molecule has 0 aromatic heterocycles. The molecule has 1 aliphatic rings. The summed E-state index contributed by atoms with van der Waals surface area (Å²) in [4.78, 5) is 35.7. The Labute approximate surface area is 102 Å². The second kappa shape index (κ2) is 8.81. The summed E-state index contributed by atoms with van der Waals surface area (Å²) in [6, 6.07) is 0. The van der Waals surface area contributed by atoms with Gasteiger partial charge in [0.1, 0.15) is 0 Å². The van der Waals surface area contributed by atoms with Gasteiger partial charge in [-0.15, -0.1) is 0 Å². The van der Waals surface area contributed by atoms with E-state index in [2.05, 4.69) is 19.2 Å². The van der Waals surface area contributed by atoms with E-state index in [1.165, 1.54) is 14.4 Å². The van der Waals surface area contributed by atoms with E-state index in [4.69, 9.17) is 0 Å². The van der Waals surface area contributed by atoms with Crippen LogP contribution in [0.25, 0.3) is 0 Å². The summed E-state index contributed by atoms with van der Waals surface area (Å²) in [5.41, 5.74) is 0. The summed E-state index contributed by atoms with van der Waals surface area (Å²) in [6.45, 7) is 6.39. The van der Waals surface area contributed by atoms with Crippen molar-refractivity contribution in [3.8, 4) is 0 Å². The number of nitrogens with one attached hydrogen (secondary N) is 1. The molecule has 1 N–H and O–H groups in total. The van der Waals surface area contributed by atoms with Crippen molar-refractivity contribution < 1.29 is 25.9 Å². The fourth-order valence-corrected chi connectivity index (χ4v) is 2.60. The molecule has 4 nitrogen and oxygen atoms in total. The second-order valence-corrected chi connectivity index (χ2v) is 6.25. The van der Waals surface area contributed by atoms with Crippen molar-refractivity contribution in [1.29, 1.82) is 0 Å². The van der Waals surface area contributed by atoms with Crippen molar-refractivity contribution in [3.63, 3.8) is 0 Å². The van der Waals surface area contributed by atoms with Gasteiger partial charge in [-0.05, 0) is 13.1 Å². The first-order valence-electron chi connectivity index (χ1n) is 5.21. The Kier molecular flexibility index (Phi) is 8.13. The summed E-state index contributed by atoms with van der Waals surface area (Å²) < 4.78 is 0.518. The third-order valence-electron chi connectivity index (χ3n) is 1.94. The first-order chi connectivity index (χ1) is 8.20. The van der Waals surface area contributed by atoms with Crippen LogP contribution in [0.15, 0.2) is 22.7 Å². The van der Waals surface area contributed by atoms with Crippen molar-refractivity contribution in [2.45, 2.75) is 20.3 Å². The van der Waals surface area contributed by atoms with E-state index in [-0.39, 0.29) is 0 Å². The average molecular weight is 277 g/mol. The van der Waals surface area contributed by atoms with Crippen molar-refractivity contribution in [1.82, 2.24) is 5.32 Å². The summed E-state index contributed by atoms with van der Waals surface area (Å²) in [7, 11) is 0. The van der Waals surface area contributed by atoms with Crippen LogP contribution in [0, 0.1) is 0 Å². The Balaban J connectivity index is 0.000000437. The summed E-state index contributed by atoms with van der Waals surface area (Å²) in [6.07, 6.45) is 5.52. The number of hydrogen-bond acceptors (Lipinski definition) is 4. The minimum atomic E-state index is -3.42. The van der Waals surface area contributed by atoms with E-state index in [1.807, 2.05) is 0 Å². The Hall–Kier alpha value is -1.30. The quantitative estimate of drug-likeness (QED) is 0.775. The van der Waals surface area contributed by atoms with Crippen molar-refractivity contribution in [3.05, 3.63) is 22.7 Å². The van der Waals surface area contributed by atoms with Gasteiger partial charge < -0.3 is 5.32 Å². The second-order valence-electron chi connectivity index (χ2n) is 3.00. The molecule has 0 unspecified atom stereocenters. The molecule has 17 heavy (non-hydrogen) atoms. The van der Waals surface area contributed by atoms with Crippen LogP contribution >= 0.6 is 0 Å². The molecule has 94 valence electrons. The van der Waals surface area contributed by atoms with Crippen LogP contribution in [0.4, 0.5) is 0 Å². The molecule has 0 aliphatic heterocycles. The molecule has 0 aromatic rings. The molecule has 0 heterocycles. The first kappa shape index (κ1) is 15.7. The molecule has 0 saturated heterocycles. The summed E-state index contributed by atoms with van der Waals surface area (Å²) in [5, 5.41) is 3.11. The van der Waals surface area contributed by atoms with Crippen LogP contribution in [-0.4, -0.2) is 27.4 Å². The van der Waals surface area contributed by atoms with Gasteiger partial charge >= 0.3 is 69.4 Å². The van der Waals surface area contributed by atoms with Crippen LogP contribution in [0.1, 0.15) is 20.3 Å². The predicted molar refractivity (Wildman–Crippen MR) is 63.1 cm³/mol. The Morgan fingerprint density at radius 1 is 1.18 bits per heavy atom. The van der Waals surface area contributed by atoms with Gasteiger partial charge in [0, 0.05) is 0 Å². The molecular weight excluding hydrogens is 261 g/mol. The van der Waals surface area contributed by atoms with E-state index in [9.17, 15) is 14.4 Å². The normalized spacial score (nSPS) is 12.7. The number of hydrogen-bond donors (Lipinski definition) is 1. The molecule has 0 radical (unpaired) electrons. The zero-order chi connectivity index (χ0) is 13.1. The van der Waals surface area contributed by atoms with Gasteiger partial charge in [0.25, 0.3) is 0 Å². The SMILES string of the molecule is CCNCC.O=[C]=[Mn](=[C]=O)(=[C]=O)[C]1=CC=CC1. The fraction of sp³-hybridized carbons (Fsp3) is 0.417. The van der Waals surface area contributed by atoms with Gasteiger partial charge in [-0.1, -0.05) is 13.8 Å². The van der Waals surface area contributed by atoms with E-state index in [0.29, 0.717) is 10.9 Å². The zero-order valence-corrected chi connectivity index (χ0v) is 11.1. The first-order valence-corrected chi connectivity index (χ1v) is 7.57. The molecule has 5 heteroatoms. The molecule has 0 amide bonds. The van der Waals surface area contributed by atoms with Crippen LogP contribution in [0.2, 0.25) is 0 Å². The zero-order valence-electron chi connectivity index (χ0n) is 9.96. The molecule has 0 spiro atoms. The molecular formula is C12H16MnNO3. The maximum atomic E-state index is 10.4. The van der Waals surface area contributed by atoms with Crippen molar-refractivity contribution in [2.75, 3.05) is 13.1 Å². The van der Waals surface area contributed by atoms with Gasteiger partial charge in [-0.25, -0.2) is 0 Å². The molecule has 1 aliphatic carbocycles. The maximum absolute atomic E-state index is 10.4. The Morgan fingerprint density at radius 2 is 1.71 bits per heavy atom. The molecule has 0 saturated carbocycles. The molecule has 0 aromatic carbocycles. The Bertz CT molecular complexity index is 506. The number of carbonyl (C=O) groups excluding carboxylic acids is 3. The number of rotatable bonds is 3. The molecule has 1 rings (SSSR count). The van der Waals surface area contributed by atoms with E-state index in [0.717, 1.165) is 13.1 Å². The van der Waals surface area contributed by atoms with Crippen LogP contribution in [0.3, 0.4) is 0 Å². The van der Waals surface area contributed by atoms with Crippen molar-refractivity contribution >= 4 is 14.4 Å². The van der Waals surface area contributed by atoms with Crippen LogP contribution in [-0.2, 0) is 25.9 Å². The number of allylic oxidation sites excluding steroid dienone is 4. The molecule has 0 atom stereocenters. The predicted octanol–water partition coefficient (Wildman–Crippen LogP) is 0.802. The van der Waals surface area contributed by atoms with E-state index in [1.54, 1.807) is 18.2 Å².